The van der Waals surface area contributed by atoms with Crippen LogP contribution < -0.4 is 9.80 Å². The number of aryl methyl sites for hydroxylation is 1. The smallest absolute Gasteiger partial charge is 0.335 e. The van der Waals surface area contributed by atoms with Gasteiger partial charge in [0.05, 0.1) is 23.5 Å². The summed E-state index contributed by atoms with van der Waals surface area (Å²) in [5, 5.41) is 9.07. The maximum atomic E-state index is 13.2. The third-order valence-electron chi connectivity index (χ3n) is 4.94. The van der Waals surface area contributed by atoms with E-state index in [1.807, 2.05) is 38.1 Å². The van der Waals surface area contributed by atoms with Gasteiger partial charge in [0, 0.05) is 19.8 Å². The Hall–Kier alpha value is -4.25. The molecule has 0 radical (unpaired) electrons. The van der Waals surface area contributed by atoms with Crippen molar-refractivity contribution < 1.29 is 19.5 Å². The predicted octanol–water partition coefficient (Wildman–Crippen LogP) is 3.60. The van der Waals surface area contributed by atoms with E-state index in [0.717, 1.165) is 16.2 Å². The number of rotatable bonds is 4. The van der Waals surface area contributed by atoms with Crippen molar-refractivity contribution in [2.45, 2.75) is 13.8 Å². The first-order chi connectivity index (χ1) is 14.6. The van der Waals surface area contributed by atoms with Gasteiger partial charge in [-0.2, -0.15) is 0 Å². The highest BCUT2D eigenvalue weighted by Gasteiger charge is 2.38. The van der Waals surface area contributed by atoms with E-state index < -0.39 is 17.8 Å². The number of nitrogens with zero attached hydrogens (tertiary/aromatic N) is 4. The fraction of sp³-hybridized carbons (Fsp3) is 0.174. The predicted molar refractivity (Wildman–Crippen MR) is 118 cm³/mol. The number of imide groups is 1. The first-order valence-corrected chi connectivity index (χ1v) is 9.33. The molecule has 0 aromatic heterocycles. The van der Waals surface area contributed by atoms with E-state index in [1.54, 1.807) is 6.07 Å². The summed E-state index contributed by atoms with van der Waals surface area (Å²) in [4.78, 5) is 47.8. The summed E-state index contributed by atoms with van der Waals surface area (Å²) in [6.07, 6.45) is 0. The molecule has 0 unspecified atom stereocenters. The van der Waals surface area contributed by atoms with Gasteiger partial charge in [0.25, 0.3) is 17.5 Å². The molecule has 8 heteroatoms. The molecule has 1 aliphatic heterocycles. The van der Waals surface area contributed by atoms with Gasteiger partial charge in [-0.1, -0.05) is 0 Å². The number of amides is 2. The molecule has 1 aliphatic rings. The highest BCUT2D eigenvalue weighted by Crippen LogP contribution is 2.30. The Bertz CT molecular complexity index is 1200. The maximum Gasteiger partial charge on any atom is 0.335 e. The lowest BCUT2D eigenvalue weighted by Crippen LogP contribution is -2.46. The number of hydrogen-bond acceptors (Lipinski definition) is 5. The van der Waals surface area contributed by atoms with Crippen LogP contribution in [0.25, 0.3) is 4.85 Å². The third kappa shape index (κ3) is 3.94. The Balaban J connectivity index is 2.12. The third-order valence-corrected chi connectivity index (χ3v) is 4.94. The zero-order valence-electron chi connectivity index (χ0n) is 17.5. The van der Waals surface area contributed by atoms with Gasteiger partial charge in [-0.05, 0) is 67.4 Å². The average molecular weight is 416 g/mol. The number of aliphatic imine (C=N–C) groups is 1. The van der Waals surface area contributed by atoms with Gasteiger partial charge in [-0.3, -0.25) is 14.5 Å². The van der Waals surface area contributed by atoms with Crippen LogP contribution in [0.5, 0.6) is 0 Å². The fourth-order valence-electron chi connectivity index (χ4n) is 3.15. The Morgan fingerprint density at radius 1 is 1.06 bits per heavy atom. The molecule has 0 saturated carbocycles. The maximum absolute atomic E-state index is 13.2. The lowest BCUT2D eigenvalue weighted by molar-refractivity contribution is -0.121. The van der Waals surface area contributed by atoms with Crippen molar-refractivity contribution in [1.29, 1.82) is 0 Å². The van der Waals surface area contributed by atoms with Crippen molar-refractivity contribution >= 4 is 40.6 Å². The molecular formula is C23H20N4O4. The van der Waals surface area contributed by atoms with Crippen molar-refractivity contribution in [3.05, 3.63) is 76.3 Å². The van der Waals surface area contributed by atoms with E-state index in [-0.39, 0.29) is 28.2 Å². The molecule has 0 aliphatic carbocycles. The van der Waals surface area contributed by atoms with E-state index in [1.165, 1.54) is 31.2 Å². The van der Waals surface area contributed by atoms with Gasteiger partial charge < -0.3 is 10.0 Å². The number of hydrogen-bond donors (Lipinski definition) is 1. The molecule has 1 N–H and O–H groups in total. The highest BCUT2D eigenvalue weighted by molar-refractivity contribution is 6.57. The largest absolute Gasteiger partial charge is 0.478 e. The molecule has 3 rings (SSSR count). The SMILES string of the molecule is [C-]#[N+]C1=C(C)C(=Nc2ccc(N(C)C)cc2C)C(=O)N(c2ccc(C(=O)O)cc2)C1=O. The molecule has 8 nitrogen and oxygen atoms in total. The summed E-state index contributed by atoms with van der Waals surface area (Å²) in [5.74, 6) is -2.56. The zero-order chi connectivity index (χ0) is 22.9. The lowest BCUT2D eigenvalue weighted by Gasteiger charge is -2.27. The molecule has 0 spiro atoms. The van der Waals surface area contributed by atoms with Crippen molar-refractivity contribution in [2.24, 2.45) is 4.99 Å². The van der Waals surface area contributed by atoms with Crippen LogP contribution in [0.15, 0.2) is 58.7 Å². The second kappa shape index (κ2) is 8.24. The summed E-state index contributed by atoms with van der Waals surface area (Å²) < 4.78 is 0. The molecule has 0 bridgehead atoms. The average Bonchev–Trinajstić information content (AvgIpc) is 2.72. The molecule has 2 amide bonds. The van der Waals surface area contributed by atoms with Gasteiger partial charge in [0.15, 0.2) is 0 Å². The van der Waals surface area contributed by atoms with E-state index in [0.29, 0.717) is 5.69 Å². The molecule has 31 heavy (non-hydrogen) atoms. The summed E-state index contributed by atoms with van der Waals surface area (Å²) in [6.45, 7) is 10.8. The molecule has 2 aromatic carbocycles. The van der Waals surface area contributed by atoms with E-state index in [2.05, 4.69) is 9.84 Å². The minimum absolute atomic E-state index is 0.00591. The number of carbonyl (C=O) groups excluding carboxylic acids is 2. The molecular weight excluding hydrogens is 396 g/mol. The van der Waals surface area contributed by atoms with Gasteiger partial charge >= 0.3 is 5.97 Å². The van der Waals surface area contributed by atoms with Crippen molar-refractivity contribution in [1.82, 2.24) is 0 Å². The number of aromatic carboxylic acids is 1. The Morgan fingerprint density at radius 3 is 2.23 bits per heavy atom. The van der Waals surface area contributed by atoms with Gasteiger partial charge in [-0.25, -0.2) is 14.6 Å². The Kier molecular flexibility index (Phi) is 5.70. The number of benzene rings is 2. The monoisotopic (exact) mass is 416 g/mol. The second-order valence-corrected chi connectivity index (χ2v) is 7.21. The van der Waals surface area contributed by atoms with Crippen LogP contribution in [0.3, 0.4) is 0 Å². The van der Waals surface area contributed by atoms with E-state index in [4.69, 9.17) is 11.7 Å². The van der Waals surface area contributed by atoms with E-state index in [9.17, 15) is 14.4 Å². The lowest BCUT2D eigenvalue weighted by atomic mass is 10.0. The van der Waals surface area contributed by atoms with Crippen molar-refractivity contribution in [2.75, 3.05) is 23.9 Å². The first kappa shape index (κ1) is 21.5. The van der Waals surface area contributed by atoms with Crippen LogP contribution in [0.4, 0.5) is 17.1 Å². The quantitative estimate of drug-likeness (QED) is 0.607. The first-order valence-electron chi connectivity index (χ1n) is 9.33. The van der Waals surface area contributed by atoms with Gasteiger partial charge in [0.2, 0.25) is 0 Å². The van der Waals surface area contributed by atoms with Crippen LogP contribution in [-0.4, -0.2) is 42.7 Å². The minimum Gasteiger partial charge on any atom is -0.478 e. The van der Waals surface area contributed by atoms with Gasteiger partial charge in [0.1, 0.15) is 5.71 Å². The van der Waals surface area contributed by atoms with Crippen LogP contribution in [0.1, 0.15) is 22.8 Å². The van der Waals surface area contributed by atoms with Gasteiger partial charge in [-0.15, -0.1) is 0 Å². The highest BCUT2D eigenvalue weighted by atomic mass is 16.4. The topological polar surface area (TPSA) is 94.6 Å². The van der Waals surface area contributed by atoms with Crippen LogP contribution in [-0.2, 0) is 9.59 Å². The molecule has 156 valence electrons. The number of anilines is 2. The number of carboxylic acid groups (broad SMARTS) is 1. The summed E-state index contributed by atoms with van der Waals surface area (Å²) in [7, 11) is 3.83. The standard InChI is InChI=1S/C23H20N4O4/c1-13-12-17(26(4)5)10-11-18(13)25-20-14(2)19(24-3)21(28)27(22(20)29)16-8-6-15(7-9-16)23(30)31/h6-12H,1-2,4-5H3,(H,30,31). The molecule has 0 saturated heterocycles. The summed E-state index contributed by atoms with van der Waals surface area (Å²) in [5.41, 5.74) is 2.53. The Morgan fingerprint density at radius 2 is 1.71 bits per heavy atom. The summed E-state index contributed by atoms with van der Waals surface area (Å²) >= 11 is 0. The second-order valence-electron chi connectivity index (χ2n) is 7.21. The molecule has 0 atom stereocenters. The molecule has 2 aromatic rings. The molecule has 1 heterocycles. The van der Waals surface area contributed by atoms with E-state index >= 15 is 0 Å². The van der Waals surface area contributed by atoms with Crippen LogP contribution in [0.2, 0.25) is 0 Å². The van der Waals surface area contributed by atoms with Crippen LogP contribution >= 0.6 is 0 Å². The summed E-state index contributed by atoms with van der Waals surface area (Å²) in [6, 6.07) is 10.9. The normalized spacial score (nSPS) is 15.3. The fourth-order valence-corrected chi connectivity index (χ4v) is 3.15. The minimum atomic E-state index is -1.13. The van der Waals surface area contributed by atoms with Crippen molar-refractivity contribution in [3.8, 4) is 0 Å². The number of carbonyl (C=O) groups is 3. The number of carboxylic acids is 1. The Labute approximate surface area is 179 Å². The molecule has 0 fully saturated rings. The van der Waals surface area contributed by atoms with Crippen LogP contribution in [0, 0.1) is 13.5 Å². The zero-order valence-corrected chi connectivity index (χ0v) is 17.5. The van der Waals surface area contributed by atoms with Crippen molar-refractivity contribution in [3.63, 3.8) is 0 Å².